The molecule has 234 valence electrons. The summed E-state index contributed by atoms with van der Waals surface area (Å²) >= 11 is 1.54. The molecule has 3 atom stereocenters. The Balaban J connectivity index is 3.64. The van der Waals surface area contributed by atoms with Crippen molar-refractivity contribution >= 4 is 35.6 Å². The molecular weight excluding hydrogens is 554 g/mol. The van der Waals surface area contributed by atoms with Crippen molar-refractivity contribution in [2.75, 3.05) is 25.2 Å². The molecule has 0 radical (unpaired) electrons. The fourth-order valence-electron chi connectivity index (χ4n) is 4.34. The number of carbonyl (C=O) groups is 4. The molecular formula is C32H49N3O6S. The van der Waals surface area contributed by atoms with Crippen molar-refractivity contribution in [3.63, 3.8) is 0 Å². The molecule has 9 nitrogen and oxygen atoms in total. The van der Waals surface area contributed by atoms with Crippen LogP contribution in [0.1, 0.15) is 91.3 Å². The highest BCUT2D eigenvalue weighted by atomic mass is 32.2. The molecule has 0 fully saturated rings. The Hall–Kier alpha value is -3.19. The molecule has 42 heavy (non-hydrogen) atoms. The maximum absolute atomic E-state index is 14.5. The molecule has 0 aliphatic heterocycles. The van der Waals surface area contributed by atoms with Crippen LogP contribution in [-0.2, 0) is 23.9 Å². The van der Waals surface area contributed by atoms with E-state index in [1.165, 1.54) is 0 Å². The van der Waals surface area contributed by atoms with Crippen molar-refractivity contribution in [2.24, 2.45) is 5.92 Å². The van der Waals surface area contributed by atoms with Crippen LogP contribution in [0.2, 0.25) is 0 Å². The van der Waals surface area contributed by atoms with E-state index < -0.39 is 41.6 Å². The van der Waals surface area contributed by atoms with Gasteiger partial charge in [-0.2, -0.15) is 11.8 Å². The number of hydrogen-bond donors (Lipinski definition) is 2. The molecule has 1 aromatic rings. The van der Waals surface area contributed by atoms with Crippen molar-refractivity contribution in [3.8, 4) is 12.3 Å². The molecule has 3 unspecified atom stereocenters. The molecule has 10 heteroatoms. The number of rotatable bonds is 16. The van der Waals surface area contributed by atoms with Crippen LogP contribution >= 0.6 is 11.8 Å². The van der Waals surface area contributed by atoms with Gasteiger partial charge in [-0.25, -0.2) is 4.79 Å². The maximum atomic E-state index is 14.5. The Morgan fingerprint density at radius 3 is 2.31 bits per heavy atom. The number of amides is 3. The lowest BCUT2D eigenvalue weighted by Gasteiger charge is -2.39. The van der Waals surface area contributed by atoms with Crippen molar-refractivity contribution in [1.29, 1.82) is 0 Å². The Kier molecular flexibility index (Phi) is 16.1. The van der Waals surface area contributed by atoms with Gasteiger partial charge >= 0.3 is 12.1 Å². The fraction of sp³-hybridized carbons (Fsp3) is 0.625. The van der Waals surface area contributed by atoms with E-state index in [-0.39, 0.29) is 25.6 Å². The Morgan fingerprint density at radius 1 is 1.07 bits per heavy atom. The molecule has 0 aromatic heterocycles. The van der Waals surface area contributed by atoms with E-state index in [1.807, 2.05) is 13.2 Å². The molecule has 0 spiro atoms. The van der Waals surface area contributed by atoms with Crippen LogP contribution in [0.3, 0.4) is 0 Å². The number of thioether (sulfide) groups is 1. The van der Waals surface area contributed by atoms with Crippen LogP contribution in [0.15, 0.2) is 24.3 Å². The minimum absolute atomic E-state index is 0.0174. The quantitative estimate of drug-likeness (QED) is 0.200. The lowest BCUT2D eigenvalue weighted by Crippen LogP contribution is -2.56. The molecule has 3 amide bonds. The minimum atomic E-state index is -1.11. The Morgan fingerprint density at radius 2 is 1.74 bits per heavy atom. The van der Waals surface area contributed by atoms with E-state index >= 15 is 0 Å². The Bertz CT molecular complexity index is 1080. The second kappa shape index (κ2) is 18.4. The van der Waals surface area contributed by atoms with Crippen molar-refractivity contribution in [1.82, 2.24) is 15.5 Å². The fourth-order valence-corrected chi connectivity index (χ4v) is 4.81. The predicted molar refractivity (Wildman–Crippen MR) is 168 cm³/mol. The number of ether oxygens (including phenoxy) is 2. The molecule has 0 bridgehead atoms. The number of alkyl carbamates (subject to hydrolysis) is 1. The van der Waals surface area contributed by atoms with E-state index in [9.17, 15) is 19.2 Å². The lowest BCUT2D eigenvalue weighted by atomic mass is 9.94. The third-order valence-corrected chi connectivity index (χ3v) is 7.01. The zero-order valence-corrected chi connectivity index (χ0v) is 27.3. The summed E-state index contributed by atoms with van der Waals surface area (Å²) in [5.41, 5.74) is 0.200. The zero-order chi connectivity index (χ0) is 31.9. The van der Waals surface area contributed by atoms with E-state index in [1.54, 1.807) is 68.6 Å². The van der Waals surface area contributed by atoms with Gasteiger partial charge in [0.15, 0.2) is 0 Å². The highest BCUT2D eigenvalue weighted by Crippen LogP contribution is 2.30. The summed E-state index contributed by atoms with van der Waals surface area (Å²) in [7, 11) is 0. The number of benzene rings is 1. The molecule has 0 aliphatic carbocycles. The van der Waals surface area contributed by atoms with Gasteiger partial charge in [0.2, 0.25) is 11.8 Å². The normalized spacial score (nSPS) is 13.3. The third kappa shape index (κ3) is 12.8. The number of nitrogens with zero attached hydrogens (tertiary/aromatic N) is 1. The van der Waals surface area contributed by atoms with Crippen LogP contribution < -0.4 is 10.6 Å². The van der Waals surface area contributed by atoms with Crippen molar-refractivity contribution in [3.05, 3.63) is 35.4 Å². The van der Waals surface area contributed by atoms with Crippen LogP contribution in [0.5, 0.6) is 0 Å². The van der Waals surface area contributed by atoms with Gasteiger partial charge in [0.1, 0.15) is 17.7 Å². The average Bonchev–Trinajstić information content (AvgIpc) is 2.91. The number of hydrogen-bond acceptors (Lipinski definition) is 7. The highest BCUT2D eigenvalue weighted by molar-refractivity contribution is 7.98. The largest absolute Gasteiger partial charge is 0.466 e. The van der Waals surface area contributed by atoms with Gasteiger partial charge in [0, 0.05) is 18.2 Å². The number of nitrogens with one attached hydrogen (secondary N) is 2. The summed E-state index contributed by atoms with van der Waals surface area (Å²) < 4.78 is 10.5. The smallest absolute Gasteiger partial charge is 0.408 e. The van der Waals surface area contributed by atoms with Gasteiger partial charge in [-0.15, -0.1) is 6.42 Å². The molecule has 0 saturated carbocycles. The molecule has 1 aromatic carbocycles. The van der Waals surface area contributed by atoms with Crippen molar-refractivity contribution < 1.29 is 28.7 Å². The van der Waals surface area contributed by atoms with Gasteiger partial charge in [-0.05, 0) is 83.4 Å². The van der Waals surface area contributed by atoms with Gasteiger partial charge in [-0.1, -0.05) is 38.0 Å². The second-order valence-electron chi connectivity index (χ2n) is 11.5. The lowest BCUT2D eigenvalue weighted by molar-refractivity contribution is -0.146. The topological polar surface area (TPSA) is 114 Å². The summed E-state index contributed by atoms with van der Waals surface area (Å²) in [5.74, 6) is 2.28. The predicted octanol–water partition coefficient (Wildman–Crippen LogP) is 5.08. The minimum Gasteiger partial charge on any atom is -0.466 e. The van der Waals surface area contributed by atoms with Gasteiger partial charge in [0.05, 0.1) is 13.0 Å². The molecule has 1 rings (SSSR count). The van der Waals surface area contributed by atoms with Gasteiger partial charge in [-0.3, -0.25) is 14.4 Å². The van der Waals surface area contributed by atoms with Crippen LogP contribution in [0, 0.1) is 18.3 Å². The van der Waals surface area contributed by atoms with Crippen molar-refractivity contribution in [2.45, 2.75) is 97.9 Å². The van der Waals surface area contributed by atoms with E-state index in [0.717, 1.165) is 6.42 Å². The number of terminal acetylenes is 1. The molecule has 0 heterocycles. The van der Waals surface area contributed by atoms with Gasteiger partial charge in [0.25, 0.3) is 0 Å². The van der Waals surface area contributed by atoms with Gasteiger partial charge < -0.3 is 25.0 Å². The molecule has 0 saturated heterocycles. The van der Waals surface area contributed by atoms with Crippen LogP contribution in [0.25, 0.3) is 0 Å². The van der Waals surface area contributed by atoms with E-state index in [0.29, 0.717) is 35.6 Å². The monoisotopic (exact) mass is 603 g/mol. The second-order valence-corrected chi connectivity index (χ2v) is 12.5. The zero-order valence-electron chi connectivity index (χ0n) is 26.5. The summed E-state index contributed by atoms with van der Waals surface area (Å²) in [6, 6.07) is 4.56. The average molecular weight is 604 g/mol. The van der Waals surface area contributed by atoms with E-state index in [2.05, 4.69) is 30.4 Å². The standard InChI is InChI=1S/C32H49N3O6S/c1-10-24-14-12-13-15-25(24)28(29(37)33-20-18-27(36)40-11-2)35(23(5)17-16-22(3)4)30(38)26(19-21-42-9)34-31(39)41-32(6,7)8/h1,12-15,22-23,26,28H,11,16-21H2,2-9H3,(H,33,37)(H,34,39). The van der Waals surface area contributed by atoms with E-state index in [4.69, 9.17) is 15.9 Å². The summed E-state index contributed by atoms with van der Waals surface area (Å²) in [6.07, 6.45) is 8.80. The first-order valence-electron chi connectivity index (χ1n) is 14.5. The summed E-state index contributed by atoms with van der Waals surface area (Å²) in [4.78, 5) is 54.7. The third-order valence-electron chi connectivity index (χ3n) is 6.36. The first kappa shape index (κ1) is 36.8. The first-order chi connectivity index (χ1) is 19.7. The summed E-state index contributed by atoms with van der Waals surface area (Å²) in [6.45, 7) is 13.3. The molecule has 0 aliphatic rings. The molecule has 2 N–H and O–H groups in total. The summed E-state index contributed by atoms with van der Waals surface area (Å²) in [5, 5.41) is 5.57. The van der Waals surface area contributed by atoms with Crippen LogP contribution in [-0.4, -0.2) is 71.6 Å². The number of carbonyl (C=O) groups excluding carboxylic acids is 4. The first-order valence-corrected chi connectivity index (χ1v) is 15.9. The van der Waals surface area contributed by atoms with Crippen LogP contribution in [0.4, 0.5) is 4.79 Å². The highest BCUT2D eigenvalue weighted by Gasteiger charge is 2.39. The maximum Gasteiger partial charge on any atom is 0.408 e. The Labute approximate surface area is 256 Å². The number of esters is 1. The SMILES string of the molecule is C#Cc1ccccc1C(C(=O)NCCC(=O)OCC)N(C(=O)C(CCSC)NC(=O)OC(C)(C)C)C(C)CCC(C)C.